The molecule has 3 rings (SSSR count). The molecule has 0 radical (unpaired) electrons. The van der Waals surface area contributed by atoms with Crippen LogP contribution in [0.15, 0.2) is 48.5 Å². The molecule has 2 aromatic carbocycles. The molecular weight excluding hydrogens is 338 g/mol. The summed E-state index contributed by atoms with van der Waals surface area (Å²) in [5.41, 5.74) is 3.74. The van der Waals surface area contributed by atoms with Crippen LogP contribution in [0.5, 0.6) is 0 Å². The van der Waals surface area contributed by atoms with Crippen molar-refractivity contribution in [3.63, 3.8) is 0 Å². The Morgan fingerprint density at radius 1 is 0.926 bits per heavy atom. The summed E-state index contributed by atoms with van der Waals surface area (Å²) in [4.78, 5) is 26.5. The lowest BCUT2D eigenvalue weighted by Gasteiger charge is -2.28. The van der Waals surface area contributed by atoms with Crippen molar-refractivity contribution in [2.24, 2.45) is 0 Å². The summed E-state index contributed by atoms with van der Waals surface area (Å²) in [5, 5.41) is 5.55. The summed E-state index contributed by atoms with van der Waals surface area (Å²) < 4.78 is 0. The lowest BCUT2D eigenvalue weighted by molar-refractivity contribution is 0.0983. The SMILES string of the molecule is Cc1ccc(C(=O)CCNC(=O)Nc2ccc(N3CCCCC3)cc2)cc1. The first-order valence-corrected chi connectivity index (χ1v) is 9.61. The molecule has 0 saturated carbocycles. The Hall–Kier alpha value is -2.82. The van der Waals surface area contributed by atoms with Crippen molar-refractivity contribution < 1.29 is 9.59 Å². The normalized spacial score (nSPS) is 13.9. The van der Waals surface area contributed by atoms with Gasteiger partial charge in [-0.1, -0.05) is 29.8 Å². The van der Waals surface area contributed by atoms with Crippen LogP contribution in [0.1, 0.15) is 41.6 Å². The van der Waals surface area contributed by atoms with Crippen molar-refractivity contribution in [2.45, 2.75) is 32.6 Å². The van der Waals surface area contributed by atoms with Gasteiger partial charge in [-0.15, -0.1) is 0 Å². The highest BCUT2D eigenvalue weighted by molar-refractivity contribution is 5.96. The maximum Gasteiger partial charge on any atom is 0.319 e. The van der Waals surface area contributed by atoms with Gasteiger partial charge in [0.1, 0.15) is 0 Å². The molecular formula is C22H27N3O2. The molecule has 2 amide bonds. The predicted octanol–water partition coefficient (Wildman–Crippen LogP) is 4.38. The lowest BCUT2D eigenvalue weighted by atomic mass is 10.1. The summed E-state index contributed by atoms with van der Waals surface area (Å²) in [6, 6.07) is 15.1. The third kappa shape index (κ3) is 5.58. The van der Waals surface area contributed by atoms with Gasteiger partial charge in [-0.05, 0) is 50.5 Å². The van der Waals surface area contributed by atoms with Crippen molar-refractivity contribution in [3.8, 4) is 0 Å². The molecule has 0 spiro atoms. The molecule has 2 aromatic rings. The number of hydrogen-bond donors (Lipinski definition) is 2. The van der Waals surface area contributed by atoms with E-state index in [2.05, 4.69) is 15.5 Å². The summed E-state index contributed by atoms with van der Waals surface area (Å²) in [6.07, 6.45) is 4.07. The predicted molar refractivity (Wildman–Crippen MR) is 110 cm³/mol. The number of rotatable bonds is 6. The van der Waals surface area contributed by atoms with Gasteiger partial charge in [-0.25, -0.2) is 4.79 Å². The van der Waals surface area contributed by atoms with Crippen LogP contribution >= 0.6 is 0 Å². The van der Waals surface area contributed by atoms with Crippen molar-refractivity contribution in [3.05, 3.63) is 59.7 Å². The number of ketones is 1. The number of nitrogens with one attached hydrogen (secondary N) is 2. The number of Topliss-reactive ketones (excluding diaryl/α,β-unsaturated/α-hetero) is 1. The van der Waals surface area contributed by atoms with Crippen LogP contribution in [0.25, 0.3) is 0 Å². The summed E-state index contributed by atoms with van der Waals surface area (Å²) in [5.74, 6) is 0.0289. The van der Waals surface area contributed by atoms with E-state index in [-0.39, 0.29) is 18.2 Å². The zero-order chi connectivity index (χ0) is 19.1. The van der Waals surface area contributed by atoms with Gasteiger partial charge in [-0.3, -0.25) is 4.79 Å². The number of piperidine rings is 1. The van der Waals surface area contributed by atoms with E-state index in [9.17, 15) is 9.59 Å². The number of anilines is 2. The molecule has 0 aliphatic carbocycles. The van der Waals surface area contributed by atoms with Gasteiger partial charge in [0.2, 0.25) is 0 Å². The maximum absolute atomic E-state index is 12.1. The van der Waals surface area contributed by atoms with E-state index in [4.69, 9.17) is 0 Å². The zero-order valence-electron chi connectivity index (χ0n) is 15.8. The molecule has 5 heteroatoms. The maximum atomic E-state index is 12.1. The van der Waals surface area contributed by atoms with E-state index in [1.165, 1.54) is 24.9 Å². The molecule has 0 unspecified atom stereocenters. The number of amides is 2. The summed E-state index contributed by atoms with van der Waals surface area (Å²) in [6.45, 7) is 4.49. The third-order valence-corrected chi connectivity index (χ3v) is 4.86. The van der Waals surface area contributed by atoms with Gasteiger partial charge in [0.25, 0.3) is 0 Å². The Morgan fingerprint density at radius 3 is 2.26 bits per heavy atom. The molecule has 0 bridgehead atoms. The van der Waals surface area contributed by atoms with Crippen LogP contribution in [-0.2, 0) is 0 Å². The number of hydrogen-bond acceptors (Lipinski definition) is 3. The Bertz CT molecular complexity index is 763. The van der Waals surface area contributed by atoms with Gasteiger partial charge in [-0.2, -0.15) is 0 Å². The van der Waals surface area contributed by atoms with Crippen LogP contribution < -0.4 is 15.5 Å². The third-order valence-electron chi connectivity index (χ3n) is 4.86. The van der Waals surface area contributed by atoms with Gasteiger partial charge in [0.15, 0.2) is 5.78 Å². The largest absolute Gasteiger partial charge is 0.372 e. The molecule has 0 atom stereocenters. The van der Waals surface area contributed by atoms with E-state index in [0.717, 1.165) is 24.3 Å². The Balaban J connectivity index is 1.42. The molecule has 1 aliphatic rings. The average molecular weight is 365 g/mol. The van der Waals surface area contributed by atoms with Crippen molar-refractivity contribution in [1.82, 2.24) is 5.32 Å². The number of nitrogens with zero attached hydrogens (tertiary/aromatic N) is 1. The quantitative estimate of drug-likeness (QED) is 0.747. The standard InChI is InChI=1S/C22H27N3O2/c1-17-5-7-18(8-6-17)21(26)13-14-23-22(27)24-19-9-11-20(12-10-19)25-15-3-2-4-16-25/h5-12H,2-4,13-16H2,1H3,(H2,23,24,27). The monoisotopic (exact) mass is 365 g/mol. The van der Waals surface area contributed by atoms with Crippen molar-refractivity contribution in [2.75, 3.05) is 29.9 Å². The van der Waals surface area contributed by atoms with Crippen LogP contribution in [0.2, 0.25) is 0 Å². The highest BCUT2D eigenvalue weighted by Gasteiger charge is 2.11. The molecule has 142 valence electrons. The number of aryl methyl sites for hydroxylation is 1. The van der Waals surface area contributed by atoms with Crippen molar-refractivity contribution in [1.29, 1.82) is 0 Å². The minimum absolute atomic E-state index is 0.0289. The fourth-order valence-corrected chi connectivity index (χ4v) is 3.26. The van der Waals surface area contributed by atoms with Crippen LogP contribution in [0.4, 0.5) is 16.2 Å². The van der Waals surface area contributed by atoms with E-state index >= 15 is 0 Å². The lowest BCUT2D eigenvalue weighted by Crippen LogP contribution is -2.31. The molecule has 1 aliphatic heterocycles. The molecule has 0 aromatic heterocycles. The van der Waals surface area contributed by atoms with Crippen molar-refractivity contribution >= 4 is 23.2 Å². The highest BCUT2D eigenvalue weighted by atomic mass is 16.2. The topological polar surface area (TPSA) is 61.4 Å². The molecule has 1 saturated heterocycles. The number of carbonyl (C=O) groups is 2. The number of urea groups is 1. The highest BCUT2D eigenvalue weighted by Crippen LogP contribution is 2.21. The van der Waals surface area contributed by atoms with E-state index in [0.29, 0.717) is 12.1 Å². The Kier molecular flexibility index (Phi) is 6.47. The molecule has 2 N–H and O–H groups in total. The first-order valence-electron chi connectivity index (χ1n) is 9.61. The Labute approximate surface area is 160 Å². The minimum atomic E-state index is -0.294. The average Bonchev–Trinajstić information content (AvgIpc) is 2.69. The molecule has 1 fully saturated rings. The van der Waals surface area contributed by atoms with Gasteiger partial charge in [0, 0.05) is 43.0 Å². The van der Waals surface area contributed by atoms with Gasteiger partial charge < -0.3 is 15.5 Å². The zero-order valence-corrected chi connectivity index (χ0v) is 15.8. The van der Waals surface area contributed by atoms with E-state index in [1.807, 2.05) is 55.5 Å². The second-order valence-electron chi connectivity index (χ2n) is 7.01. The van der Waals surface area contributed by atoms with E-state index in [1.54, 1.807) is 0 Å². The first-order chi connectivity index (χ1) is 13.1. The first kappa shape index (κ1) is 19.0. The molecule has 1 heterocycles. The molecule has 27 heavy (non-hydrogen) atoms. The van der Waals surface area contributed by atoms with E-state index < -0.39 is 0 Å². The minimum Gasteiger partial charge on any atom is -0.372 e. The molecule has 5 nitrogen and oxygen atoms in total. The smallest absolute Gasteiger partial charge is 0.319 e. The number of carbonyl (C=O) groups excluding carboxylic acids is 2. The summed E-state index contributed by atoms with van der Waals surface area (Å²) in [7, 11) is 0. The van der Waals surface area contributed by atoms with Gasteiger partial charge in [0.05, 0.1) is 0 Å². The van der Waals surface area contributed by atoms with Crippen LogP contribution in [-0.4, -0.2) is 31.4 Å². The van der Waals surface area contributed by atoms with Crippen LogP contribution in [0.3, 0.4) is 0 Å². The number of benzene rings is 2. The second-order valence-corrected chi connectivity index (χ2v) is 7.01. The fourth-order valence-electron chi connectivity index (χ4n) is 3.26. The van der Waals surface area contributed by atoms with Gasteiger partial charge >= 0.3 is 6.03 Å². The summed E-state index contributed by atoms with van der Waals surface area (Å²) >= 11 is 0. The Morgan fingerprint density at radius 2 is 1.59 bits per heavy atom. The van der Waals surface area contributed by atoms with Crippen LogP contribution in [0, 0.1) is 6.92 Å². The fraction of sp³-hybridized carbons (Fsp3) is 0.364. The second kappa shape index (κ2) is 9.21.